The van der Waals surface area contributed by atoms with Crippen LogP contribution in [0.15, 0.2) is 59.1 Å². The molecule has 0 aliphatic carbocycles. The number of aliphatic carboxylic acids is 1. The number of benzene rings is 1. The molecule has 3 aromatic rings. The number of aromatic nitrogens is 3. The number of carbonyl (C=O) groups is 3. The van der Waals surface area contributed by atoms with Gasteiger partial charge in [0.1, 0.15) is 21.9 Å². The molecule has 2 fully saturated rings. The monoisotopic (exact) mass is 529 g/mol. The molecule has 35 heavy (non-hydrogen) atoms. The van der Waals surface area contributed by atoms with Crippen LogP contribution in [0.3, 0.4) is 0 Å². The van der Waals surface area contributed by atoms with Crippen LogP contribution < -0.4 is 5.32 Å². The van der Waals surface area contributed by atoms with Gasteiger partial charge in [0.05, 0.1) is 19.2 Å². The number of rotatable bonds is 9. The Bertz CT molecular complexity index is 1220. The van der Waals surface area contributed by atoms with E-state index in [9.17, 15) is 19.5 Å². The molecule has 1 aromatic carbocycles. The van der Waals surface area contributed by atoms with Gasteiger partial charge in [0, 0.05) is 22.9 Å². The number of amides is 2. The number of nitrogens with zero attached hydrogens (tertiary/aromatic N) is 4. The second-order valence-corrected chi connectivity index (χ2v) is 11.7. The van der Waals surface area contributed by atoms with Gasteiger partial charge in [-0.05, 0) is 17.0 Å². The van der Waals surface area contributed by atoms with Crippen LogP contribution in [0, 0.1) is 5.41 Å². The molecular weight excluding hydrogens is 506 g/mol. The Labute approximate surface area is 214 Å². The smallest absolute Gasteiger partial charge is 0.313 e. The Balaban J connectivity index is 1.21. The van der Waals surface area contributed by atoms with E-state index in [0.29, 0.717) is 12.3 Å². The molecule has 3 atom stereocenters. The third-order valence-electron chi connectivity index (χ3n) is 6.08. The number of nitrogens with one attached hydrogen (secondary N) is 1. The van der Waals surface area contributed by atoms with Crippen molar-refractivity contribution in [3.63, 3.8) is 0 Å². The van der Waals surface area contributed by atoms with Crippen LogP contribution in [0.25, 0.3) is 0 Å². The molecule has 5 rings (SSSR count). The van der Waals surface area contributed by atoms with Crippen molar-refractivity contribution in [2.75, 3.05) is 18.1 Å². The zero-order chi connectivity index (χ0) is 24.4. The van der Waals surface area contributed by atoms with Crippen molar-refractivity contribution in [1.82, 2.24) is 25.2 Å². The summed E-state index contributed by atoms with van der Waals surface area (Å²) in [5.74, 6) is -0.731. The lowest BCUT2D eigenvalue weighted by molar-refractivity contribution is -0.157. The summed E-state index contributed by atoms with van der Waals surface area (Å²) >= 11 is 4.30. The third kappa shape index (κ3) is 4.95. The first-order chi connectivity index (χ1) is 16.9. The summed E-state index contributed by atoms with van der Waals surface area (Å²) in [7, 11) is 0. The highest BCUT2D eigenvalue weighted by molar-refractivity contribution is 8.00. The lowest BCUT2D eigenvalue weighted by atomic mass is 9.89. The number of thiophene rings is 1. The molecule has 2 amide bonds. The molecule has 2 aliphatic rings. The first kappa shape index (κ1) is 23.9. The standard InChI is InChI=1S/C23H23N5O4S3/c29-17(9-16-7-4-8-33-16)25-19-20(30)27-12-23(22(31)32,14-35-21(19)27)13-34-18-10-24-26-28(18)11-15-5-2-1-3-6-15/h1-8,10,19,21H,9,11-14H2,(H,25,29)(H,31,32)/t19?,21-,23?/m1/s1. The van der Waals surface area contributed by atoms with E-state index in [1.165, 1.54) is 34.9 Å². The number of thioether (sulfide) groups is 2. The molecule has 9 nitrogen and oxygen atoms in total. The van der Waals surface area contributed by atoms with E-state index >= 15 is 0 Å². The van der Waals surface area contributed by atoms with Crippen molar-refractivity contribution in [2.24, 2.45) is 5.41 Å². The van der Waals surface area contributed by atoms with Crippen LogP contribution >= 0.6 is 34.9 Å². The maximum Gasteiger partial charge on any atom is 0.313 e. The first-order valence-corrected chi connectivity index (χ1v) is 13.9. The number of carboxylic acids is 1. The van der Waals surface area contributed by atoms with Gasteiger partial charge in [-0.25, -0.2) is 4.68 Å². The van der Waals surface area contributed by atoms with Gasteiger partial charge in [0.15, 0.2) is 0 Å². The summed E-state index contributed by atoms with van der Waals surface area (Å²) in [5, 5.41) is 23.5. The Hall–Kier alpha value is -2.83. The Kier molecular flexibility index (Phi) is 6.85. The number of carbonyl (C=O) groups excluding carboxylic acids is 2. The van der Waals surface area contributed by atoms with Crippen molar-refractivity contribution in [2.45, 2.75) is 29.4 Å². The summed E-state index contributed by atoms with van der Waals surface area (Å²) in [6.45, 7) is 0.654. The number of hydrogen-bond donors (Lipinski definition) is 2. The van der Waals surface area contributed by atoms with Crippen LogP contribution in [0.4, 0.5) is 0 Å². The van der Waals surface area contributed by atoms with Gasteiger partial charge in [-0.1, -0.05) is 41.6 Å². The van der Waals surface area contributed by atoms with Crippen LogP contribution in [0.2, 0.25) is 0 Å². The van der Waals surface area contributed by atoms with E-state index in [2.05, 4.69) is 15.6 Å². The van der Waals surface area contributed by atoms with E-state index in [0.717, 1.165) is 15.5 Å². The summed E-state index contributed by atoms with van der Waals surface area (Å²) < 4.78 is 1.75. The molecule has 4 heterocycles. The predicted octanol–water partition coefficient (Wildman–Crippen LogP) is 2.19. The second-order valence-electron chi connectivity index (χ2n) is 8.56. The van der Waals surface area contributed by atoms with Crippen molar-refractivity contribution < 1.29 is 19.5 Å². The van der Waals surface area contributed by atoms with Gasteiger partial charge in [0.2, 0.25) is 11.8 Å². The van der Waals surface area contributed by atoms with Crippen LogP contribution in [0.1, 0.15) is 10.4 Å². The molecule has 2 saturated heterocycles. The minimum absolute atomic E-state index is 0.114. The lowest BCUT2D eigenvalue weighted by Gasteiger charge is -2.53. The van der Waals surface area contributed by atoms with Gasteiger partial charge in [0.25, 0.3) is 0 Å². The summed E-state index contributed by atoms with van der Waals surface area (Å²) in [6, 6.07) is 13.0. The maximum absolute atomic E-state index is 12.8. The quantitative estimate of drug-likeness (QED) is 0.320. The molecule has 2 aliphatic heterocycles. The minimum Gasteiger partial charge on any atom is -0.481 e. The summed E-state index contributed by atoms with van der Waals surface area (Å²) in [5.41, 5.74) is -0.0304. The largest absolute Gasteiger partial charge is 0.481 e. The fourth-order valence-electron chi connectivity index (χ4n) is 4.14. The fraction of sp³-hybridized carbons (Fsp3) is 0.348. The number of fused-ring (bicyclic) bond motifs is 1. The predicted molar refractivity (Wildman–Crippen MR) is 134 cm³/mol. The number of hydrogen-bond acceptors (Lipinski definition) is 8. The normalized spacial score (nSPS) is 23.4. The molecule has 0 saturated carbocycles. The Morgan fingerprint density at radius 2 is 2.06 bits per heavy atom. The van der Waals surface area contributed by atoms with E-state index in [1.807, 2.05) is 47.8 Å². The van der Waals surface area contributed by atoms with Gasteiger partial charge in [-0.15, -0.1) is 40.0 Å². The first-order valence-electron chi connectivity index (χ1n) is 11.0. The van der Waals surface area contributed by atoms with Crippen molar-refractivity contribution >= 4 is 52.6 Å². The van der Waals surface area contributed by atoms with Gasteiger partial charge >= 0.3 is 5.97 Å². The number of β-lactam (4-membered cyclic amide) rings is 1. The third-order valence-corrected chi connectivity index (χ3v) is 9.86. The molecular formula is C23H23N5O4S3. The number of carboxylic acid groups (broad SMARTS) is 1. The molecule has 12 heteroatoms. The highest BCUT2D eigenvalue weighted by atomic mass is 32.2. The van der Waals surface area contributed by atoms with Crippen LogP contribution in [-0.2, 0) is 27.3 Å². The summed E-state index contributed by atoms with van der Waals surface area (Å²) in [6.07, 6.45) is 1.87. The zero-order valence-electron chi connectivity index (χ0n) is 18.6. The fourth-order valence-corrected chi connectivity index (χ4v) is 7.63. The van der Waals surface area contributed by atoms with Crippen LogP contribution in [0.5, 0.6) is 0 Å². The van der Waals surface area contributed by atoms with Gasteiger partial charge in [-0.3, -0.25) is 14.4 Å². The van der Waals surface area contributed by atoms with Gasteiger partial charge < -0.3 is 15.3 Å². The Morgan fingerprint density at radius 3 is 2.80 bits per heavy atom. The van der Waals surface area contributed by atoms with E-state index in [4.69, 9.17) is 0 Å². The average molecular weight is 530 g/mol. The molecule has 0 radical (unpaired) electrons. The van der Waals surface area contributed by atoms with E-state index in [1.54, 1.807) is 15.8 Å². The zero-order valence-corrected chi connectivity index (χ0v) is 21.0. The molecule has 2 N–H and O–H groups in total. The van der Waals surface area contributed by atoms with E-state index < -0.39 is 17.4 Å². The highest BCUT2D eigenvalue weighted by Crippen LogP contribution is 2.44. The SMILES string of the molecule is O=C(Cc1cccs1)NC1C(=O)N2CC(CSc3cnnn3Cc3ccccc3)(C(=O)O)CS[C@H]12. The van der Waals surface area contributed by atoms with Crippen molar-refractivity contribution in [1.29, 1.82) is 0 Å². The Morgan fingerprint density at radius 1 is 1.23 bits per heavy atom. The molecule has 2 aromatic heterocycles. The molecule has 182 valence electrons. The lowest BCUT2D eigenvalue weighted by Crippen LogP contribution is -2.74. The molecule has 0 bridgehead atoms. The second kappa shape index (κ2) is 10.0. The van der Waals surface area contributed by atoms with Gasteiger partial charge in [-0.2, -0.15) is 0 Å². The van der Waals surface area contributed by atoms with Crippen molar-refractivity contribution in [3.8, 4) is 0 Å². The van der Waals surface area contributed by atoms with E-state index in [-0.39, 0.29) is 35.9 Å². The minimum atomic E-state index is -1.10. The maximum atomic E-state index is 12.8. The van der Waals surface area contributed by atoms with Crippen LogP contribution in [-0.4, -0.2) is 72.3 Å². The molecule has 2 unspecified atom stereocenters. The summed E-state index contributed by atoms with van der Waals surface area (Å²) in [4.78, 5) is 40.1. The highest BCUT2D eigenvalue weighted by Gasteiger charge is 2.57. The topological polar surface area (TPSA) is 117 Å². The van der Waals surface area contributed by atoms with Crippen molar-refractivity contribution in [3.05, 3.63) is 64.5 Å². The average Bonchev–Trinajstić information content (AvgIpc) is 3.53. The molecule has 0 spiro atoms.